The van der Waals surface area contributed by atoms with Crippen LogP contribution in [0.1, 0.15) is 25.8 Å². The number of fused-ring (bicyclic) bond motifs is 1. The molecule has 1 heterocycles. The molecule has 18 heavy (non-hydrogen) atoms. The van der Waals surface area contributed by atoms with Crippen LogP contribution in [0.5, 0.6) is 0 Å². The first kappa shape index (κ1) is 13.4. The SMILES string of the molecule is CNC(C)CC(C)Sc1nc2ccc(C)cc2[nH]1. The van der Waals surface area contributed by atoms with Gasteiger partial charge < -0.3 is 10.3 Å². The van der Waals surface area contributed by atoms with E-state index in [2.05, 4.69) is 54.3 Å². The van der Waals surface area contributed by atoms with Crippen molar-refractivity contribution in [3.63, 3.8) is 0 Å². The van der Waals surface area contributed by atoms with Crippen LogP contribution in [0.4, 0.5) is 0 Å². The van der Waals surface area contributed by atoms with Crippen molar-refractivity contribution in [1.29, 1.82) is 0 Å². The molecule has 2 rings (SSSR count). The number of aromatic nitrogens is 2. The van der Waals surface area contributed by atoms with E-state index in [1.165, 1.54) is 5.56 Å². The summed E-state index contributed by atoms with van der Waals surface area (Å²) in [6, 6.07) is 6.86. The predicted molar refractivity (Wildman–Crippen MR) is 79.3 cm³/mol. The van der Waals surface area contributed by atoms with Crippen LogP contribution in [0.15, 0.2) is 23.4 Å². The smallest absolute Gasteiger partial charge is 0.166 e. The molecule has 0 bridgehead atoms. The zero-order chi connectivity index (χ0) is 13.1. The second kappa shape index (κ2) is 5.76. The van der Waals surface area contributed by atoms with Gasteiger partial charge in [0.2, 0.25) is 0 Å². The van der Waals surface area contributed by atoms with Crippen LogP contribution in [0.3, 0.4) is 0 Å². The van der Waals surface area contributed by atoms with Gasteiger partial charge in [0, 0.05) is 11.3 Å². The highest BCUT2D eigenvalue weighted by atomic mass is 32.2. The van der Waals surface area contributed by atoms with Gasteiger partial charge in [0.15, 0.2) is 5.16 Å². The van der Waals surface area contributed by atoms with Crippen LogP contribution in [-0.4, -0.2) is 28.3 Å². The first-order valence-corrected chi connectivity index (χ1v) is 7.26. The van der Waals surface area contributed by atoms with Crippen LogP contribution in [0, 0.1) is 6.92 Å². The lowest BCUT2D eigenvalue weighted by Crippen LogP contribution is -2.24. The molecule has 0 fully saturated rings. The minimum absolute atomic E-state index is 0.541. The van der Waals surface area contributed by atoms with Gasteiger partial charge in [0.05, 0.1) is 11.0 Å². The highest BCUT2D eigenvalue weighted by Crippen LogP contribution is 2.26. The summed E-state index contributed by atoms with van der Waals surface area (Å²) in [4.78, 5) is 8.00. The highest BCUT2D eigenvalue weighted by Gasteiger charge is 2.11. The average molecular weight is 263 g/mol. The Bertz CT molecular complexity index is 521. The summed E-state index contributed by atoms with van der Waals surface area (Å²) in [5.74, 6) is 0. The summed E-state index contributed by atoms with van der Waals surface area (Å²) in [5, 5.41) is 4.84. The number of hydrogen-bond donors (Lipinski definition) is 2. The molecule has 2 unspecified atom stereocenters. The molecule has 0 saturated carbocycles. The Morgan fingerprint density at radius 3 is 2.89 bits per heavy atom. The van der Waals surface area contributed by atoms with Gasteiger partial charge >= 0.3 is 0 Å². The number of aryl methyl sites for hydroxylation is 1. The Morgan fingerprint density at radius 2 is 2.17 bits per heavy atom. The van der Waals surface area contributed by atoms with E-state index in [1.54, 1.807) is 0 Å². The maximum absolute atomic E-state index is 4.61. The Morgan fingerprint density at radius 1 is 1.39 bits per heavy atom. The van der Waals surface area contributed by atoms with Gasteiger partial charge in [-0.3, -0.25) is 0 Å². The Kier molecular flexibility index (Phi) is 4.30. The van der Waals surface area contributed by atoms with E-state index >= 15 is 0 Å². The molecule has 98 valence electrons. The number of nitrogens with one attached hydrogen (secondary N) is 2. The molecule has 0 aliphatic rings. The van der Waals surface area contributed by atoms with E-state index in [0.717, 1.165) is 22.6 Å². The summed E-state index contributed by atoms with van der Waals surface area (Å²) < 4.78 is 0. The summed E-state index contributed by atoms with van der Waals surface area (Å²) in [6.07, 6.45) is 1.14. The van der Waals surface area contributed by atoms with Gasteiger partial charge in [-0.05, 0) is 45.0 Å². The fourth-order valence-corrected chi connectivity index (χ4v) is 3.10. The second-order valence-corrected chi connectivity index (χ2v) is 6.34. The van der Waals surface area contributed by atoms with Crippen molar-refractivity contribution in [2.24, 2.45) is 0 Å². The van der Waals surface area contributed by atoms with Gasteiger partial charge in [-0.15, -0.1) is 0 Å². The number of H-pyrrole nitrogens is 1. The lowest BCUT2D eigenvalue weighted by Gasteiger charge is -2.14. The zero-order valence-electron chi connectivity index (χ0n) is 11.4. The van der Waals surface area contributed by atoms with Crippen LogP contribution in [0.25, 0.3) is 11.0 Å². The maximum atomic E-state index is 4.61. The number of imidazole rings is 1. The number of benzene rings is 1. The molecule has 0 amide bonds. The van der Waals surface area contributed by atoms with Crippen molar-refractivity contribution < 1.29 is 0 Å². The van der Waals surface area contributed by atoms with Crippen molar-refractivity contribution in [2.45, 2.75) is 43.6 Å². The third-order valence-corrected chi connectivity index (χ3v) is 4.12. The fourth-order valence-electron chi connectivity index (χ4n) is 2.01. The van der Waals surface area contributed by atoms with Crippen LogP contribution in [0.2, 0.25) is 0 Å². The molecule has 0 aliphatic carbocycles. The van der Waals surface area contributed by atoms with Crippen molar-refractivity contribution in [3.05, 3.63) is 23.8 Å². The fraction of sp³-hybridized carbons (Fsp3) is 0.500. The number of thioether (sulfide) groups is 1. The lowest BCUT2D eigenvalue weighted by atomic mass is 10.2. The van der Waals surface area contributed by atoms with Gasteiger partial charge in [-0.2, -0.15) is 0 Å². The Balaban J connectivity index is 2.07. The summed E-state index contributed by atoms with van der Waals surface area (Å²) in [5.41, 5.74) is 3.45. The van der Waals surface area contributed by atoms with Crippen molar-refractivity contribution in [2.75, 3.05) is 7.05 Å². The third-order valence-electron chi connectivity index (χ3n) is 3.11. The van der Waals surface area contributed by atoms with Crippen LogP contribution < -0.4 is 5.32 Å². The molecule has 2 N–H and O–H groups in total. The van der Waals surface area contributed by atoms with E-state index < -0.39 is 0 Å². The van der Waals surface area contributed by atoms with Crippen molar-refractivity contribution in [3.8, 4) is 0 Å². The van der Waals surface area contributed by atoms with E-state index in [1.807, 2.05) is 18.8 Å². The third kappa shape index (κ3) is 3.27. The van der Waals surface area contributed by atoms with Gasteiger partial charge in [0.25, 0.3) is 0 Å². The number of aromatic amines is 1. The molecule has 0 radical (unpaired) electrons. The molecule has 2 atom stereocenters. The van der Waals surface area contributed by atoms with Crippen LogP contribution >= 0.6 is 11.8 Å². The number of rotatable bonds is 5. The molecular formula is C14H21N3S. The summed E-state index contributed by atoms with van der Waals surface area (Å²) in [7, 11) is 2.01. The second-order valence-electron chi connectivity index (χ2n) is 4.92. The average Bonchev–Trinajstić information content (AvgIpc) is 2.69. The maximum Gasteiger partial charge on any atom is 0.166 e. The molecule has 2 aromatic rings. The largest absolute Gasteiger partial charge is 0.333 e. The zero-order valence-corrected chi connectivity index (χ0v) is 12.3. The minimum Gasteiger partial charge on any atom is -0.333 e. The molecular weight excluding hydrogens is 242 g/mol. The van der Waals surface area contributed by atoms with E-state index in [4.69, 9.17) is 0 Å². The molecule has 3 nitrogen and oxygen atoms in total. The molecule has 0 aliphatic heterocycles. The molecule has 1 aromatic carbocycles. The summed E-state index contributed by atoms with van der Waals surface area (Å²) >= 11 is 1.81. The number of nitrogens with zero attached hydrogens (tertiary/aromatic N) is 1. The van der Waals surface area contributed by atoms with E-state index in [0.29, 0.717) is 11.3 Å². The van der Waals surface area contributed by atoms with Crippen molar-refractivity contribution >= 4 is 22.8 Å². The summed E-state index contributed by atoms with van der Waals surface area (Å²) in [6.45, 7) is 6.56. The van der Waals surface area contributed by atoms with Crippen LogP contribution in [-0.2, 0) is 0 Å². The first-order valence-electron chi connectivity index (χ1n) is 6.38. The number of hydrogen-bond acceptors (Lipinski definition) is 3. The topological polar surface area (TPSA) is 40.7 Å². The van der Waals surface area contributed by atoms with Crippen molar-refractivity contribution in [1.82, 2.24) is 15.3 Å². The normalized spacial score (nSPS) is 14.9. The Hall–Kier alpha value is -1.00. The first-order chi connectivity index (χ1) is 8.58. The van der Waals surface area contributed by atoms with E-state index in [9.17, 15) is 0 Å². The molecule has 0 saturated heterocycles. The lowest BCUT2D eigenvalue weighted by molar-refractivity contribution is 0.563. The minimum atomic E-state index is 0.541. The molecule has 4 heteroatoms. The quantitative estimate of drug-likeness (QED) is 0.813. The van der Waals surface area contributed by atoms with Gasteiger partial charge in [0.1, 0.15) is 0 Å². The molecule has 0 spiro atoms. The highest BCUT2D eigenvalue weighted by molar-refractivity contribution is 7.99. The molecule has 1 aromatic heterocycles. The van der Waals surface area contributed by atoms with Gasteiger partial charge in [-0.25, -0.2) is 4.98 Å². The van der Waals surface area contributed by atoms with E-state index in [-0.39, 0.29) is 0 Å². The monoisotopic (exact) mass is 263 g/mol. The predicted octanol–water partition coefficient (Wildman–Crippen LogP) is 3.35. The Labute approximate surface area is 113 Å². The standard InChI is InChI=1S/C14H21N3S/c1-9-5-6-12-13(7-9)17-14(16-12)18-11(3)8-10(2)15-4/h5-7,10-11,15H,8H2,1-4H3,(H,16,17). The van der Waals surface area contributed by atoms with Gasteiger partial charge in [-0.1, -0.05) is 24.8 Å².